The number of carbonyl (C=O) groups excluding carboxylic acids is 2. The molecule has 0 heterocycles. The molecular weight excluding hydrogens is 1100 g/mol. The molecule has 8 unspecified atom stereocenters. The first kappa shape index (κ1) is 52.4. The number of hydrogen-bond donors (Lipinski definition) is 2. The fourth-order valence-corrected chi connectivity index (χ4v) is 30.9. The molecule has 0 saturated heterocycles. The Bertz CT molecular complexity index is 1900. The van der Waals surface area contributed by atoms with Gasteiger partial charge < -0.3 is 14.3 Å². The zero-order chi connectivity index (χ0) is 48.4. The van der Waals surface area contributed by atoms with Gasteiger partial charge in [-0.1, -0.05) is 142 Å². The zero-order valence-electron chi connectivity index (χ0n) is 42.7. The van der Waals surface area contributed by atoms with Gasteiger partial charge in [0.25, 0.3) is 0 Å². The highest BCUT2D eigenvalue weighted by Gasteiger charge is 2.69. The number of allylic oxidation sites excluding steroid dienone is 4. The molecular formula is C54H86Br4O5Si2. The number of aliphatic hydroxyl groups is 2. The van der Waals surface area contributed by atoms with Crippen molar-refractivity contribution in [3.8, 4) is 0 Å². The first-order valence-corrected chi connectivity index (χ1v) is 35.0. The van der Waals surface area contributed by atoms with Crippen molar-refractivity contribution in [2.24, 2.45) is 57.2 Å². The number of fused-ring (bicyclic) bond motifs is 10. The lowest BCUT2D eigenvalue weighted by Gasteiger charge is -2.64. The van der Waals surface area contributed by atoms with E-state index in [2.05, 4.69) is 157 Å². The standard InChI is InChI=1S/C54H86Br4O5Si2/c1-33(59)37-15-17-39-35-27-43(55)53(57)31-51(61,25-23-49(53,9)41(35)19-21-47(37,39)7)29-45(3,4)64(11,12)63-65(13,14)46(5,6)30-52(62)26-24-50(10)42-20-22-48(8)38(34(2)60)16-18-40(48)36(42)28-44(56)54(50,58)32-52/h19-20,35-40,43-44,61-62H,15-18,21-32H2,1-14H3/t35?,36?,37-,38-,39?,40?,43?,44?,47-,48-,49-,50-,51-,52+,53?,54?/m1/s1. The van der Waals surface area contributed by atoms with E-state index in [0.717, 1.165) is 77.0 Å². The highest BCUT2D eigenvalue weighted by atomic mass is 79.9. The average Bonchev–Trinajstić information content (AvgIpc) is 3.71. The van der Waals surface area contributed by atoms with E-state index < -0.39 is 27.8 Å². The van der Waals surface area contributed by atoms with Crippen molar-refractivity contribution in [2.75, 3.05) is 0 Å². The lowest BCUT2D eigenvalue weighted by molar-refractivity contribution is -0.125. The Kier molecular flexibility index (Phi) is 13.1. The number of halogens is 4. The summed E-state index contributed by atoms with van der Waals surface area (Å²) in [4.78, 5) is 26.1. The average molecular weight is 1190 g/mol. The number of Topliss-reactive ketones (excluding diaryl/α,β-unsaturated/α-hetero) is 2. The second-order valence-corrected chi connectivity index (χ2v) is 42.1. The Morgan fingerprint density at radius 1 is 0.646 bits per heavy atom. The highest BCUT2D eigenvalue weighted by molar-refractivity contribution is 9.13. The molecule has 8 rings (SSSR count). The Morgan fingerprint density at radius 3 is 1.31 bits per heavy atom. The quantitative estimate of drug-likeness (QED) is 0.129. The van der Waals surface area contributed by atoms with Crippen molar-refractivity contribution in [1.29, 1.82) is 0 Å². The van der Waals surface area contributed by atoms with Crippen LogP contribution in [0.3, 0.4) is 0 Å². The maximum Gasteiger partial charge on any atom is 0.179 e. The molecule has 8 aliphatic carbocycles. The SMILES string of the molecule is CC(=O)[C@H]1CCC2C3CC(Br)C4(Br)C[C@@](O)(CC(C)(C)[Si](C)(C)O[Si](C)(C)C(C)(C)C[C@]5(O)CC[C@]6(C)C7=CC[C@@]8(C)C(CC[C@@H]8C(C)=O)C7CC(Br)C6(Br)C5)CC[C@]4(C)C3=CC[C@@]21C. The van der Waals surface area contributed by atoms with Crippen LogP contribution in [0.25, 0.3) is 0 Å². The summed E-state index contributed by atoms with van der Waals surface area (Å²) in [5, 5.41) is 25.4. The molecule has 8 aliphatic rings. The zero-order valence-corrected chi connectivity index (χ0v) is 51.1. The minimum absolute atomic E-state index is 0.0488. The first-order chi connectivity index (χ1) is 29.5. The molecule has 11 heteroatoms. The number of ketones is 2. The topological polar surface area (TPSA) is 83.8 Å². The van der Waals surface area contributed by atoms with Crippen LogP contribution in [0.2, 0.25) is 36.3 Å². The molecule has 0 spiro atoms. The van der Waals surface area contributed by atoms with Crippen LogP contribution in [-0.4, -0.2) is 67.9 Å². The van der Waals surface area contributed by atoms with Gasteiger partial charge in [-0.3, -0.25) is 9.59 Å². The first-order valence-electron chi connectivity index (χ1n) is 25.7. The van der Waals surface area contributed by atoms with Crippen LogP contribution in [0.1, 0.15) is 172 Å². The number of hydrogen-bond acceptors (Lipinski definition) is 5. The van der Waals surface area contributed by atoms with Gasteiger partial charge in [0.2, 0.25) is 0 Å². The minimum Gasteiger partial charge on any atom is -0.455 e. The van der Waals surface area contributed by atoms with E-state index in [0.29, 0.717) is 60.9 Å². The van der Waals surface area contributed by atoms with E-state index in [1.54, 1.807) is 11.1 Å². The van der Waals surface area contributed by atoms with Gasteiger partial charge in [0.15, 0.2) is 16.6 Å². The summed E-state index contributed by atoms with van der Waals surface area (Å²) in [7, 11) is -4.95. The molecule has 6 saturated carbocycles. The Labute approximate surface area is 430 Å². The van der Waals surface area contributed by atoms with Crippen molar-refractivity contribution in [3.63, 3.8) is 0 Å². The summed E-state index contributed by atoms with van der Waals surface area (Å²) in [5.74, 6) is 3.08. The molecule has 6 fully saturated rings. The van der Waals surface area contributed by atoms with E-state index in [-0.39, 0.29) is 61.9 Å². The van der Waals surface area contributed by atoms with Crippen molar-refractivity contribution >= 4 is 91.9 Å². The van der Waals surface area contributed by atoms with Crippen LogP contribution in [0.15, 0.2) is 23.3 Å². The smallest absolute Gasteiger partial charge is 0.179 e. The third-order valence-corrected chi connectivity index (χ3v) is 40.7. The van der Waals surface area contributed by atoms with E-state index >= 15 is 0 Å². The van der Waals surface area contributed by atoms with Gasteiger partial charge in [0.1, 0.15) is 11.6 Å². The highest BCUT2D eigenvalue weighted by Crippen LogP contribution is 2.73. The molecule has 0 aromatic heterocycles. The molecule has 368 valence electrons. The molecule has 2 N–H and O–H groups in total. The van der Waals surface area contributed by atoms with Gasteiger partial charge in [-0.05, 0) is 187 Å². The molecule has 5 nitrogen and oxygen atoms in total. The maximum absolute atomic E-state index is 12.9. The van der Waals surface area contributed by atoms with Crippen LogP contribution >= 0.6 is 63.7 Å². The van der Waals surface area contributed by atoms with Crippen LogP contribution in [0.5, 0.6) is 0 Å². The lowest BCUT2D eigenvalue weighted by atomic mass is 9.47. The fourth-order valence-electron chi connectivity index (χ4n) is 17.7. The van der Waals surface area contributed by atoms with E-state index in [1.807, 2.05) is 13.8 Å². The summed E-state index contributed by atoms with van der Waals surface area (Å²) in [6.07, 6.45) is 19.7. The van der Waals surface area contributed by atoms with Crippen molar-refractivity contribution < 1.29 is 23.9 Å². The third-order valence-electron chi connectivity index (χ3n) is 22.8. The van der Waals surface area contributed by atoms with Crippen LogP contribution in [-0.2, 0) is 13.7 Å². The predicted octanol–water partition coefficient (Wildman–Crippen LogP) is 15.3. The summed E-state index contributed by atoms with van der Waals surface area (Å²) in [6.45, 7) is 32.4. The van der Waals surface area contributed by atoms with Gasteiger partial charge >= 0.3 is 0 Å². The van der Waals surface area contributed by atoms with Gasteiger partial charge in [0, 0.05) is 32.3 Å². The fraction of sp³-hybridized carbons (Fsp3) is 0.889. The predicted molar refractivity (Wildman–Crippen MR) is 288 cm³/mol. The van der Waals surface area contributed by atoms with Crippen LogP contribution < -0.4 is 0 Å². The van der Waals surface area contributed by atoms with E-state index in [4.69, 9.17) is 4.12 Å². The monoisotopic (exact) mass is 1190 g/mol. The molecule has 16 atom stereocenters. The third kappa shape index (κ3) is 7.72. The summed E-state index contributed by atoms with van der Waals surface area (Å²) >= 11 is 17.5. The summed E-state index contributed by atoms with van der Waals surface area (Å²) in [5.41, 5.74) is 1.44. The number of carbonyl (C=O) groups is 2. The van der Waals surface area contributed by atoms with E-state index in [1.165, 1.54) is 0 Å². The second kappa shape index (κ2) is 16.3. The van der Waals surface area contributed by atoms with Gasteiger partial charge in [-0.25, -0.2) is 0 Å². The minimum atomic E-state index is -2.47. The molecule has 0 amide bonds. The summed E-state index contributed by atoms with van der Waals surface area (Å²) < 4.78 is 7.15. The van der Waals surface area contributed by atoms with Gasteiger partial charge in [-0.15, -0.1) is 0 Å². The van der Waals surface area contributed by atoms with Crippen molar-refractivity contribution in [3.05, 3.63) is 23.3 Å². The van der Waals surface area contributed by atoms with Crippen LogP contribution in [0.4, 0.5) is 0 Å². The number of alkyl halides is 4. The molecule has 0 aliphatic heterocycles. The largest absolute Gasteiger partial charge is 0.455 e. The van der Waals surface area contributed by atoms with Crippen LogP contribution in [0, 0.1) is 57.2 Å². The van der Waals surface area contributed by atoms with Gasteiger partial charge in [0.05, 0.1) is 19.9 Å². The lowest BCUT2D eigenvalue weighted by Crippen LogP contribution is -2.65. The molecule has 65 heavy (non-hydrogen) atoms. The Morgan fingerprint density at radius 2 is 0.985 bits per heavy atom. The van der Waals surface area contributed by atoms with Gasteiger partial charge in [-0.2, -0.15) is 0 Å². The summed E-state index contributed by atoms with van der Waals surface area (Å²) in [6, 6.07) is 0. The van der Waals surface area contributed by atoms with E-state index in [9.17, 15) is 19.8 Å². The Hall–Kier alpha value is 1.05. The van der Waals surface area contributed by atoms with Crippen molar-refractivity contribution in [1.82, 2.24) is 0 Å². The molecule has 0 aromatic carbocycles. The normalized spacial score (nSPS) is 48.7. The molecule has 0 radical (unpaired) electrons. The van der Waals surface area contributed by atoms with Crippen molar-refractivity contribution in [2.45, 2.75) is 238 Å². The molecule has 0 bridgehead atoms. The molecule has 0 aromatic rings. The maximum atomic E-state index is 12.9. The number of rotatable bonds is 10. The Balaban J connectivity index is 0.962. The second-order valence-electron chi connectivity index (χ2n) is 27.5.